The first-order valence-electron chi connectivity index (χ1n) is 13.2. The van der Waals surface area contributed by atoms with Crippen LogP contribution in [0.5, 0.6) is 5.75 Å². The van der Waals surface area contributed by atoms with Crippen molar-refractivity contribution >= 4 is 11.8 Å². The number of hydrogen-bond donors (Lipinski definition) is 1. The Bertz CT molecular complexity index is 456. The first-order valence-corrected chi connectivity index (χ1v) is 14.2. The summed E-state index contributed by atoms with van der Waals surface area (Å²) >= 11 is 1.91. The predicted octanol–water partition coefficient (Wildman–Crippen LogP) is 10.3. The molecule has 2 heteroatoms. The summed E-state index contributed by atoms with van der Waals surface area (Å²) in [5.41, 5.74) is 0. The molecule has 0 aliphatic heterocycles. The summed E-state index contributed by atoms with van der Waals surface area (Å²) in [5.74, 6) is 1.56. The average Bonchev–Trinajstić information content (AvgIpc) is 2.76. The zero-order valence-electron chi connectivity index (χ0n) is 20.0. The molecule has 0 amide bonds. The van der Waals surface area contributed by atoms with Crippen LogP contribution in [0.4, 0.5) is 0 Å². The van der Waals surface area contributed by atoms with E-state index < -0.39 is 0 Å². The van der Waals surface area contributed by atoms with E-state index in [2.05, 4.69) is 6.92 Å². The van der Waals surface area contributed by atoms with Gasteiger partial charge in [0.1, 0.15) is 5.75 Å². The molecule has 0 saturated heterocycles. The third kappa shape index (κ3) is 18.2. The molecule has 0 saturated carbocycles. The monoisotopic (exact) mass is 434 g/mol. The Kier molecular flexibility index (Phi) is 19.7. The maximum Gasteiger partial charge on any atom is 0.115 e. The second-order valence-electron chi connectivity index (χ2n) is 9.06. The van der Waals surface area contributed by atoms with Crippen LogP contribution in [-0.4, -0.2) is 10.9 Å². The number of rotatable bonds is 22. The van der Waals surface area contributed by atoms with Crippen LogP contribution in [0.15, 0.2) is 29.2 Å². The van der Waals surface area contributed by atoms with Crippen molar-refractivity contribution in [2.75, 3.05) is 5.75 Å². The molecule has 1 nitrogen and oxygen atoms in total. The highest BCUT2D eigenvalue weighted by Crippen LogP contribution is 2.22. The fourth-order valence-electron chi connectivity index (χ4n) is 4.09. The molecule has 0 bridgehead atoms. The second kappa shape index (κ2) is 21.6. The van der Waals surface area contributed by atoms with Crippen LogP contribution in [0, 0.1) is 0 Å². The van der Waals surface area contributed by atoms with Gasteiger partial charge in [-0.05, 0) is 36.4 Å². The molecule has 0 unspecified atom stereocenters. The first kappa shape index (κ1) is 27.4. The Labute approximate surface area is 192 Å². The maximum absolute atomic E-state index is 9.29. The summed E-state index contributed by atoms with van der Waals surface area (Å²) in [6, 6.07) is 7.58. The summed E-state index contributed by atoms with van der Waals surface area (Å²) in [4.78, 5) is 1.27. The molecule has 0 aliphatic carbocycles. The third-order valence-electron chi connectivity index (χ3n) is 6.10. The Balaban J connectivity index is 1.68. The van der Waals surface area contributed by atoms with E-state index in [1.54, 1.807) is 12.1 Å². The highest BCUT2D eigenvalue weighted by molar-refractivity contribution is 7.99. The lowest BCUT2D eigenvalue weighted by Gasteiger charge is -2.04. The van der Waals surface area contributed by atoms with E-state index in [0.29, 0.717) is 5.75 Å². The van der Waals surface area contributed by atoms with Crippen LogP contribution in [0.2, 0.25) is 0 Å². The molecule has 1 aromatic rings. The van der Waals surface area contributed by atoms with Gasteiger partial charge in [0.05, 0.1) is 0 Å². The fraction of sp³-hybridized carbons (Fsp3) is 0.786. The molecule has 174 valence electrons. The molecule has 30 heavy (non-hydrogen) atoms. The van der Waals surface area contributed by atoms with Gasteiger partial charge in [-0.25, -0.2) is 0 Å². The zero-order valence-corrected chi connectivity index (χ0v) is 20.8. The van der Waals surface area contributed by atoms with E-state index in [1.165, 1.54) is 139 Å². The van der Waals surface area contributed by atoms with Gasteiger partial charge in [-0.3, -0.25) is 0 Å². The lowest BCUT2D eigenvalue weighted by molar-refractivity contribution is 0.475. The van der Waals surface area contributed by atoms with E-state index in [1.807, 2.05) is 23.9 Å². The van der Waals surface area contributed by atoms with Crippen molar-refractivity contribution in [1.82, 2.24) is 0 Å². The summed E-state index contributed by atoms with van der Waals surface area (Å²) < 4.78 is 0. The molecule has 0 atom stereocenters. The number of aromatic hydroxyl groups is 1. The topological polar surface area (TPSA) is 20.2 Å². The fourth-order valence-corrected chi connectivity index (χ4v) is 5.00. The average molecular weight is 435 g/mol. The molecule has 0 fully saturated rings. The molecule has 1 aromatic carbocycles. The lowest BCUT2D eigenvalue weighted by atomic mass is 10.0. The van der Waals surface area contributed by atoms with Crippen LogP contribution >= 0.6 is 11.8 Å². The van der Waals surface area contributed by atoms with Gasteiger partial charge in [0.25, 0.3) is 0 Å². The second-order valence-corrected chi connectivity index (χ2v) is 10.2. The maximum atomic E-state index is 9.29. The van der Waals surface area contributed by atoms with Gasteiger partial charge < -0.3 is 5.11 Å². The number of phenolic OH excluding ortho intramolecular Hbond substituents is 1. The van der Waals surface area contributed by atoms with Gasteiger partial charge in [-0.15, -0.1) is 11.8 Å². The van der Waals surface area contributed by atoms with Crippen LogP contribution in [-0.2, 0) is 0 Å². The van der Waals surface area contributed by atoms with E-state index in [4.69, 9.17) is 0 Å². The summed E-state index contributed by atoms with van der Waals surface area (Å²) in [7, 11) is 0. The van der Waals surface area contributed by atoms with Crippen LogP contribution in [0.1, 0.15) is 135 Å². The van der Waals surface area contributed by atoms with Crippen molar-refractivity contribution < 1.29 is 5.11 Å². The largest absolute Gasteiger partial charge is 0.508 e. The summed E-state index contributed by atoms with van der Waals surface area (Å²) in [5, 5.41) is 9.29. The Morgan fingerprint density at radius 1 is 0.500 bits per heavy atom. The predicted molar refractivity (Wildman–Crippen MR) is 137 cm³/mol. The van der Waals surface area contributed by atoms with Gasteiger partial charge in [0.2, 0.25) is 0 Å². The smallest absolute Gasteiger partial charge is 0.115 e. The van der Waals surface area contributed by atoms with E-state index >= 15 is 0 Å². The zero-order chi connectivity index (χ0) is 21.5. The van der Waals surface area contributed by atoms with Gasteiger partial charge in [0, 0.05) is 4.90 Å². The molecule has 0 aromatic heterocycles. The van der Waals surface area contributed by atoms with E-state index in [0.717, 1.165) is 0 Å². The Morgan fingerprint density at radius 2 is 0.833 bits per heavy atom. The lowest BCUT2D eigenvalue weighted by Crippen LogP contribution is -1.85. The van der Waals surface area contributed by atoms with Crippen molar-refractivity contribution in [3.63, 3.8) is 0 Å². The molecule has 0 radical (unpaired) electrons. The van der Waals surface area contributed by atoms with Crippen LogP contribution < -0.4 is 0 Å². The standard InChI is InChI=1S/C28H50OS/c1-2-3-4-5-6-7-8-9-10-11-12-13-14-15-16-17-18-19-20-21-26-30-28-24-22-27(29)23-25-28/h22-25,29H,2-21,26H2,1H3. The Morgan fingerprint density at radius 3 is 1.20 bits per heavy atom. The van der Waals surface area contributed by atoms with Gasteiger partial charge in [0.15, 0.2) is 0 Å². The molecular formula is C28H50OS. The molecule has 0 heterocycles. The van der Waals surface area contributed by atoms with E-state index in [-0.39, 0.29) is 0 Å². The number of thioether (sulfide) groups is 1. The minimum atomic E-state index is 0.359. The quantitative estimate of drug-likeness (QED) is 0.145. The molecule has 1 rings (SSSR count). The summed E-state index contributed by atoms with van der Waals surface area (Å²) in [6.45, 7) is 2.30. The van der Waals surface area contributed by atoms with Crippen LogP contribution in [0.25, 0.3) is 0 Å². The van der Waals surface area contributed by atoms with Crippen molar-refractivity contribution in [2.45, 2.75) is 140 Å². The highest BCUT2D eigenvalue weighted by atomic mass is 32.2. The number of benzene rings is 1. The molecule has 0 aliphatic rings. The van der Waals surface area contributed by atoms with Gasteiger partial charge in [-0.2, -0.15) is 0 Å². The highest BCUT2D eigenvalue weighted by Gasteiger charge is 1.97. The van der Waals surface area contributed by atoms with E-state index in [9.17, 15) is 5.11 Å². The number of hydrogen-bond acceptors (Lipinski definition) is 2. The van der Waals surface area contributed by atoms with Crippen molar-refractivity contribution in [3.8, 4) is 5.75 Å². The SMILES string of the molecule is CCCCCCCCCCCCCCCCCCCCCCSc1ccc(O)cc1. The van der Waals surface area contributed by atoms with Crippen molar-refractivity contribution in [3.05, 3.63) is 24.3 Å². The van der Waals surface area contributed by atoms with Gasteiger partial charge in [-0.1, -0.05) is 129 Å². The Hall–Kier alpha value is -0.630. The molecule has 0 spiro atoms. The van der Waals surface area contributed by atoms with Crippen molar-refractivity contribution in [1.29, 1.82) is 0 Å². The minimum Gasteiger partial charge on any atom is -0.508 e. The first-order chi connectivity index (χ1) is 14.8. The minimum absolute atomic E-state index is 0.359. The normalized spacial score (nSPS) is 11.2. The molecular weight excluding hydrogens is 384 g/mol. The van der Waals surface area contributed by atoms with Crippen LogP contribution in [0.3, 0.4) is 0 Å². The molecule has 1 N–H and O–H groups in total. The number of unbranched alkanes of at least 4 members (excludes halogenated alkanes) is 19. The van der Waals surface area contributed by atoms with Gasteiger partial charge >= 0.3 is 0 Å². The van der Waals surface area contributed by atoms with Crippen molar-refractivity contribution in [2.24, 2.45) is 0 Å². The summed E-state index contributed by atoms with van der Waals surface area (Å²) in [6.07, 6.45) is 28.8. The third-order valence-corrected chi connectivity index (χ3v) is 7.20. The number of phenols is 1.